The Kier molecular flexibility index (Phi) is 6.48. The third-order valence-corrected chi connectivity index (χ3v) is 6.20. The predicted octanol–water partition coefficient (Wildman–Crippen LogP) is 3.00. The molecule has 2 aromatic heterocycles. The SMILES string of the molecule is O=C(Nc1ccc(N2CCOCC2)cc1C(F)(F)F)c1cnn2ccc(N[C@H]3CCCNC3)nc12. The summed E-state index contributed by atoms with van der Waals surface area (Å²) in [7, 11) is 0. The number of piperidine rings is 1. The van der Waals surface area contributed by atoms with Crippen LogP contribution in [-0.2, 0) is 10.9 Å². The fourth-order valence-corrected chi connectivity index (χ4v) is 4.38. The molecular formula is C23H26F3N7O2. The molecule has 0 aliphatic carbocycles. The lowest BCUT2D eigenvalue weighted by Gasteiger charge is -2.29. The zero-order valence-corrected chi connectivity index (χ0v) is 18.9. The van der Waals surface area contributed by atoms with E-state index >= 15 is 0 Å². The number of morpholine rings is 1. The summed E-state index contributed by atoms with van der Waals surface area (Å²) < 4.78 is 48.3. The quantitative estimate of drug-likeness (QED) is 0.507. The number of hydrogen-bond donors (Lipinski definition) is 3. The molecule has 0 radical (unpaired) electrons. The number of fused-ring (bicyclic) bond motifs is 1. The number of anilines is 3. The second-order valence-corrected chi connectivity index (χ2v) is 8.61. The van der Waals surface area contributed by atoms with Gasteiger partial charge in [-0.2, -0.15) is 18.3 Å². The van der Waals surface area contributed by atoms with Crippen molar-refractivity contribution in [2.24, 2.45) is 0 Å². The molecule has 1 amide bonds. The monoisotopic (exact) mass is 489 g/mol. The molecule has 3 N–H and O–H groups in total. The molecule has 1 aromatic carbocycles. The molecule has 0 unspecified atom stereocenters. The summed E-state index contributed by atoms with van der Waals surface area (Å²) in [5.41, 5.74) is -0.451. The van der Waals surface area contributed by atoms with Crippen molar-refractivity contribution in [1.82, 2.24) is 19.9 Å². The van der Waals surface area contributed by atoms with E-state index in [2.05, 4.69) is 26.0 Å². The molecule has 0 bridgehead atoms. The minimum absolute atomic E-state index is 0.0841. The fourth-order valence-electron chi connectivity index (χ4n) is 4.38. The number of aromatic nitrogens is 3. The van der Waals surface area contributed by atoms with E-state index in [1.807, 2.05) is 4.90 Å². The van der Waals surface area contributed by atoms with Crippen molar-refractivity contribution in [1.29, 1.82) is 0 Å². The summed E-state index contributed by atoms with van der Waals surface area (Å²) >= 11 is 0. The molecule has 186 valence electrons. The molecule has 2 aliphatic rings. The summed E-state index contributed by atoms with van der Waals surface area (Å²) in [6.45, 7) is 3.70. The van der Waals surface area contributed by atoms with Gasteiger partial charge in [-0.15, -0.1) is 0 Å². The van der Waals surface area contributed by atoms with Crippen molar-refractivity contribution in [3.63, 3.8) is 0 Å². The van der Waals surface area contributed by atoms with E-state index in [1.54, 1.807) is 18.3 Å². The number of carbonyl (C=O) groups is 1. The van der Waals surface area contributed by atoms with Gasteiger partial charge in [-0.05, 0) is 43.7 Å². The number of hydrogen-bond acceptors (Lipinski definition) is 7. The van der Waals surface area contributed by atoms with Gasteiger partial charge in [-0.1, -0.05) is 0 Å². The number of ether oxygens (including phenoxy) is 1. The number of carbonyl (C=O) groups excluding carboxylic acids is 1. The van der Waals surface area contributed by atoms with Crippen molar-refractivity contribution in [2.75, 3.05) is 54.9 Å². The summed E-state index contributed by atoms with van der Waals surface area (Å²) in [4.78, 5) is 19.4. The molecular weight excluding hydrogens is 463 g/mol. The molecule has 3 aromatic rings. The van der Waals surface area contributed by atoms with Gasteiger partial charge in [0.25, 0.3) is 5.91 Å². The highest BCUT2D eigenvalue weighted by Crippen LogP contribution is 2.37. The molecule has 35 heavy (non-hydrogen) atoms. The van der Waals surface area contributed by atoms with Crippen LogP contribution in [0.15, 0.2) is 36.7 Å². The highest BCUT2D eigenvalue weighted by atomic mass is 19.4. The number of alkyl halides is 3. The summed E-state index contributed by atoms with van der Waals surface area (Å²) in [6, 6.07) is 5.88. The number of nitrogens with zero attached hydrogens (tertiary/aromatic N) is 4. The Morgan fingerprint density at radius 1 is 1.20 bits per heavy atom. The van der Waals surface area contributed by atoms with Crippen LogP contribution in [0.4, 0.5) is 30.4 Å². The Morgan fingerprint density at radius 2 is 2.03 bits per heavy atom. The van der Waals surface area contributed by atoms with Gasteiger partial charge in [-0.3, -0.25) is 4.79 Å². The van der Waals surface area contributed by atoms with Gasteiger partial charge in [0, 0.05) is 37.6 Å². The first-order valence-electron chi connectivity index (χ1n) is 11.6. The van der Waals surface area contributed by atoms with E-state index in [9.17, 15) is 18.0 Å². The van der Waals surface area contributed by atoms with Crippen LogP contribution in [0, 0.1) is 0 Å². The van der Waals surface area contributed by atoms with Crippen LogP contribution in [0.2, 0.25) is 0 Å². The van der Waals surface area contributed by atoms with Gasteiger partial charge in [-0.25, -0.2) is 9.50 Å². The average Bonchev–Trinajstić information content (AvgIpc) is 3.28. The second-order valence-electron chi connectivity index (χ2n) is 8.61. The lowest BCUT2D eigenvalue weighted by molar-refractivity contribution is -0.136. The summed E-state index contributed by atoms with van der Waals surface area (Å²) in [5.74, 6) is -0.139. The molecule has 0 saturated carbocycles. The van der Waals surface area contributed by atoms with Crippen molar-refractivity contribution in [3.8, 4) is 0 Å². The van der Waals surface area contributed by atoms with Crippen LogP contribution in [0.1, 0.15) is 28.8 Å². The Morgan fingerprint density at radius 3 is 2.77 bits per heavy atom. The minimum atomic E-state index is -4.64. The van der Waals surface area contributed by atoms with Gasteiger partial charge in [0.1, 0.15) is 11.4 Å². The summed E-state index contributed by atoms with van der Waals surface area (Å²) in [6.07, 6.45) is 0.365. The number of amides is 1. The van der Waals surface area contributed by atoms with E-state index in [0.29, 0.717) is 37.8 Å². The Hall–Kier alpha value is -3.38. The highest BCUT2D eigenvalue weighted by Gasteiger charge is 2.35. The van der Waals surface area contributed by atoms with Crippen LogP contribution >= 0.6 is 0 Å². The number of nitrogens with one attached hydrogen (secondary N) is 3. The van der Waals surface area contributed by atoms with E-state index in [-0.39, 0.29) is 22.9 Å². The van der Waals surface area contributed by atoms with Crippen LogP contribution in [0.25, 0.3) is 5.65 Å². The van der Waals surface area contributed by atoms with E-state index in [1.165, 1.54) is 16.8 Å². The third-order valence-electron chi connectivity index (χ3n) is 6.20. The molecule has 2 aliphatic heterocycles. The lowest BCUT2D eigenvalue weighted by atomic mass is 10.1. The van der Waals surface area contributed by atoms with Crippen LogP contribution < -0.4 is 20.9 Å². The first-order chi connectivity index (χ1) is 16.9. The molecule has 9 nitrogen and oxygen atoms in total. The lowest BCUT2D eigenvalue weighted by Crippen LogP contribution is -2.38. The maximum absolute atomic E-state index is 13.9. The van der Waals surface area contributed by atoms with Crippen molar-refractivity contribution in [3.05, 3.63) is 47.8 Å². The maximum atomic E-state index is 13.9. The number of rotatable bonds is 5. The standard InChI is InChI=1S/C23H26F3N7O2/c24-23(25,26)18-12-16(32-8-10-35-11-9-32)3-4-19(18)30-22(34)17-14-28-33-7-5-20(31-21(17)33)29-15-2-1-6-27-13-15/h3-5,7,12,14-15,27H,1-2,6,8-11,13H2,(H,29,31)(H,30,34)/t15-/m0/s1. The Balaban J connectivity index is 1.39. The molecule has 12 heteroatoms. The normalized spacial score (nSPS) is 19.1. The largest absolute Gasteiger partial charge is 0.418 e. The number of halogens is 3. The van der Waals surface area contributed by atoms with Crippen LogP contribution in [0.3, 0.4) is 0 Å². The molecule has 4 heterocycles. The maximum Gasteiger partial charge on any atom is 0.418 e. The minimum Gasteiger partial charge on any atom is -0.378 e. The van der Waals surface area contributed by atoms with E-state index < -0.39 is 17.6 Å². The third kappa shape index (κ3) is 5.17. The second kappa shape index (κ2) is 9.70. The molecule has 5 rings (SSSR count). The first kappa shape index (κ1) is 23.4. The zero-order valence-electron chi connectivity index (χ0n) is 18.9. The van der Waals surface area contributed by atoms with E-state index in [4.69, 9.17) is 4.74 Å². The average molecular weight is 490 g/mol. The predicted molar refractivity (Wildman–Crippen MR) is 125 cm³/mol. The molecule has 2 fully saturated rings. The van der Waals surface area contributed by atoms with Gasteiger partial charge in [0.2, 0.25) is 0 Å². The van der Waals surface area contributed by atoms with Crippen LogP contribution in [0.5, 0.6) is 0 Å². The van der Waals surface area contributed by atoms with Crippen LogP contribution in [-0.4, -0.2) is 65.9 Å². The van der Waals surface area contributed by atoms with Gasteiger partial charge in [0.05, 0.1) is 30.7 Å². The Labute approximate surface area is 199 Å². The zero-order chi connectivity index (χ0) is 24.4. The molecule has 2 saturated heterocycles. The molecule has 1 atom stereocenters. The first-order valence-corrected chi connectivity index (χ1v) is 11.6. The van der Waals surface area contributed by atoms with Gasteiger partial charge < -0.3 is 25.6 Å². The number of benzene rings is 1. The fraction of sp³-hybridized carbons (Fsp3) is 0.435. The summed E-state index contributed by atoms with van der Waals surface area (Å²) in [5, 5.41) is 13.2. The van der Waals surface area contributed by atoms with Crippen molar-refractivity contribution >= 4 is 28.7 Å². The molecule has 0 spiro atoms. The smallest absolute Gasteiger partial charge is 0.378 e. The Bertz CT molecular complexity index is 1200. The van der Waals surface area contributed by atoms with Gasteiger partial charge in [0.15, 0.2) is 5.65 Å². The van der Waals surface area contributed by atoms with Crippen molar-refractivity contribution in [2.45, 2.75) is 25.1 Å². The van der Waals surface area contributed by atoms with Crippen molar-refractivity contribution < 1.29 is 22.7 Å². The van der Waals surface area contributed by atoms with Gasteiger partial charge >= 0.3 is 6.18 Å². The van der Waals surface area contributed by atoms with E-state index in [0.717, 1.165) is 32.0 Å². The topological polar surface area (TPSA) is 95.8 Å². The highest BCUT2D eigenvalue weighted by molar-refractivity contribution is 6.08.